The van der Waals surface area contributed by atoms with Gasteiger partial charge in [-0.05, 0) is 27.2 Å². The van der Waals surface area contributed by atoms with Crippen molar-refractivity contribution >= 4 is 17.7 Å². The monoisotopic (exact) mass is 274 g/mol. The van der Waals surface area contributed by atoms with Crippen molar-refractivity contribution < 1.29 is 13.9 Å². The second-order valence-corrected chi connectivity index (χ2v) is 5.17. The SMILES string of the molecule is CC(C)(C)OC(=O)NCCCc1nc(CCl)co1. The molecule has 1 aromatic rings. The van der Waals surface area contributed by atoms with Crippen molar-refractivity contribution in [1.29, 1.82) is 0 Å². The van der Waals surface area contributed by atoms with Crippen LogP contribution in [0.25, 0.3) is 0 Å². The molecule has 5 nitrogen and oxygen atoms in total. The summed E-state index contributed by atoms with van der Waals surface area (Å²) in [5.74, 6) is 0.983. The number of hydrogen-bond donors (Lipinski definition) is 1. The topological polar surface area (TPSA) is 64.4 Å². The van der Waals surface area contributed by atoms with Gasteiger partial charge in [-0.3, -0.25) is 0 Å². The summed E-state index contributed by atoms with van der Waals surface area (Å²) in [6.07, 6.45) is 2.54. The second-order valence-electron chi connectivity index (χ2n) is 4.90. The maximum atomic E-state index is 11.3. The van der Waals surface area contributed by atoms with Gasteiger partial charge in [0.25, 0.3) is 0 Å². The maximum Gasteiger partial charge on any atom is 0.407 e. The molecule has 0 aliphatic carbocycles. The lowest BCUT2D eigenvalue weighted by Crippen LogP contribution is -2.33. The smallest absolute Gasteiger partial charge is 0.407 e. The minimum absolute atomic E-state index is 0.347. The van der Waals surface area contributed by atoms with E-state index in [0.29, 0.717) is 24.7 Å². The van der Waals surface area contributed by atoms with E-state index in [2.05, 4.69) is 10.3 Å². The summed E-state index contributed by atoms with van der Waals surface area (Å²) in [7, 11) is 0. The molecule has 0 bridgehead atoms. The van der Waals surface area contributed by atoms with Crippen molar-refractivity contribution in [2.45, 2.75) is 45.1 Å². The number of alkyl halides is 1. The van der Waals surface area contributed by atoms with Crippen molar-refractivity contribution in [3.8, 4) is 0 Å². The van der Waals surface area contributed by atoms with Gasteiger partial charge in [0.1, 0.15) is 11.9 Å². The molecule has 0 spiro atoms. The number of nitrogens with one attached hydrogen (secondary N) is 1. The lowest BCUT2D eigenvalue weighted by molar-refractivity contribution is 0.0527. The molecule has 0 unspecified atom stereocenters. The summed E-state index contributed by atoms with van der Waals surface area (Å²) < 4.78 is 10.3. The Morgan fingerprint density at radius 2 is 2.28 bits per heavy atom. The van der Waals surface area contributed by atoms with Crippen LogP contribution in [0.5, 0.6) is 0 Å². The Bertz CT molecular complexity index is 385. The molecular formula is C12H19ClN2O3. The number of oxazole rings is 1. The molecule has 0 saturated heterocycles. The highest BCUT2D eigenvalue weighted by molar-refractivity contribution is 6.16. The van der Waals surface area contributed by atoms with Gasteiger partial charge in [0.05, 0.1) is 11.6 Å². The Kier molecular flexibility index (Phi) is 5.47. The number of halogens is 1. The highest BCUT2D eigenvalue weighted by Crippen LogP contribution is 2.07. The Balaban J connectivity index is 2.17. The Morgan fingerprint density at radius 1 is 1.56 bits per heavy atom. The van der Waals surface area contributed by atoms with Crippen LogP contribution in [0.1, 0.15) is 38.8 Å². The van der Waals surface area contributed by atoms with Gasteiger partial charge in [-0.1, -0.05) is 0 Å². The first-order valence-electron chi connectivity index (χ1n) is 5.87. The van der Waals surface area contributed by atoms with Crippen molar-refractivity contribution in [2.75, 3.05) is 6.54 Å². The number of carbonyl (C=O) groups is 1. The Morgan fingerprint density at radius 3 is 2.83 bits per heavy atom. The van der Waals surface area contributed by atoms with Crippen LogP contribution < -0.4 is 5.32 Å². The van der Waals surface area contributed by atoms with E-state index >= 15 is 0 Å². The van der Waals surface area contributed by atoms with Crippen LogP contribution in [-0.2, 0) is 17.0 Å². The average molecular weight is 275 g/mol. The van der Waals surface area contributed by atoms with Gasteiger partial charge in [-0.15, -0.1) is 11.6 Å². The third kappa shape index (κ3) is 5.91. The molecule has 1 aromatic heterocycles. The molecule has 0 aliphatic heterocycles. The van der Waals surface area contributed by atoms with Crippen LogP contribution in [0.3, 0.4) is 0 Å². The van der Waals surface area contributed by atoms with Crippen LogP contribution in [0.2, 0.25) is 0 Å². The minimum Gasteiger partial charge on any atom is -0.449 e. The fourth-order valence-electron chi connectivity index (χ4n) is 1.27. The first kappa shape index (κ1) is 14.8. The zero-order chi connectivity index (χ0) is 13.6. The Labute approximate surface area is 112 Å². The van der Waals surface area contributed by atoms with Gasteiger partial charge in [-0.2, -0.15) is 0 Å². The molecular weight excluding hydrogens is 256 g/mol. The predicted molar refractivity (Wildman–Crippen MR) is 68.6 cm³/mol. The van der Waals surface area contributed by atoms with E-state index in [1.807, 2.05) is 20.8 Å². The first-order valence-corrected chi connectivity index (χ1v) is 6.40. The molecule has 1 rings (SSSR count). The van der Waals surface area contributed by atoms with Gasteiger partial charge >= 0.3 is 6.09 Å². The lowest BCUT2D eigenvalue weighted by Gasteiger charge is -2.19. The fourth-order valence-corrected chi connectivity index (χ4v) is 1.39. The fraction of sp³-hybridized carbons (Fsp3) is 0.667. The summed E-state index contributed by atoms with van der Waals surface area (Å²) >= 11 is 5.61. The summed E-state index contributed by atoms with van der Waals surface area (Å²) in [6.45, 7) is 6.00. The number of aryl methyl sites for hydroxylation is 1. The number of hydrogen-bond acceptors (Lipinski definition) is 4. The van der Waals surface area contributed by atoms with Crippen LogP contribution in [0.4, 0.5) is 4.79 Å². The van der Waals surface area contributed by atoms with Crippen molar-refractivity contribution in [3.63, 3.8) is 0 Å². The quantitative estimate of drug-likeness (QED) is 0.662. The molecule has 0 saturated carbocycles. The van der Waals surface area contributed by atoms with E-state index in [1.54, 1.807) is 6.26 Å². The van der Waals surface area contributed by atoms with E-state index in [1.165, 1.54) is 0 Å². The Hall–Kier alpha value is -1.23. The highest BCUT2D eigenvalue weighted by Gasteiger charge is 2.15. The molecule has 18 heavy (non-hydrogen) atoms. The number of alkyl carbamates (subject to hydrolysis) is 1. The van der Waals surface area contributed by atoms with E-state index in [-0.39, 0.29) is 0 Å². The number of amides is 1. The average Bonchev–Trinajstić information content (AvgIpc) is 2.70. The van der Waals surface area contributed by atoms with E-state index in [0.717, 1.165) is 12.1 Å². The minimum atomic E-state index is -0.470. The molecule has 0 fully saturated rings. The molecule has 0 aromatic carbocycles. The number of ether oxygens (including phenoxy) is 1. The molecule has 0 atom stereocenters. The van der Waals surface area contributed by atoms with Crippen molar-refractivity contribution in [2.24, 2.45) is 0 Å². The van der Waals surface area contributed by atoms with Gasteiger partial charge < -0.3 is 14.5 Å². The molecule has 102 valence electrons. The zero-order valence-electron chi connectivity index (χ0n) is 11.0. The van der Waals surface area contributed by atoms with Crippen molar-refractivity contribution in [1.82, 2.24) is 10.3 Å². The van der Waals surface area contributed by atoms with Crippen molar-refractivity contribution in [3.05, 3.63) is 17.8 Å². The number of nitrogens with zero attached hydrogens (tertiary/aromatic N) is 1. The van der Waals surface area contributed by atoms with Gasteiger partial charge in [0, 0.05) is 13.0 Å². The van der Waals surface area contributed by atoms with Gasteiger partial charge in [0.2, 0.25) is 0 Å². The highest BCUT2D eigenvalue weighted by atomic mass is 35.5. The largest absolute Gasteiger partial charge is 0.449 e. The van der Waals surface area contributed by atoms with E-state index < -0.39 is 11.7 Å². The summed E-state index contributed by atoms with van der Waals surface area (Å²) in [6, 6.07) is 0. The number of rotatable bonds is 5. The molecule has 1 amide bonds. The molecule has 0 aliphatic rings. The maximum absolute atomic E-state index is 11.3. The number of aromatic nitrogens is 1. The van der Waals surface area contributed by atoms with E-state index in [9.17, 15) is 4.79 Å². The third-order valence-corrected chi connectivity index (χ3v) is 2.25. The summed E-state index contributed by atoms with van der Waals surface area (Å²) in [4.78, 5) is 15.5. The molecule has 6 heteroatoms. The summed E-state index contributed by atoms with van der Waals surface area (Å²) in [5.41, 5.74) is 0.258. The lowest BCUT2D eigenvalue weighted by atomic mass is 10.2. The normalized spacial score (nSPS) is 11.3. The van der Waals surface area contributed by atoms with Crippen LogP contribution >= 0.6 is 11.6 Å². The van der Waals surface area contributed by atoms with Crippen LogP contribution in [0, 0.1) is 0 Å². The predicted octanol–water partition coefficient (Wildman–Crippen LogP) is 2.87. The zero-order valence-corrected chi connectivity index (χ0v) is 11.7. The number of carbonyl (C=O) groups excluding carboxylic acids is 1. The first-order chi connectivity index (χ1) is 8.40. The second kappa shape index (κ2) is 6.64. The van der Waals surface area contributed by atoms with Crippen LogP contribution in [-0.4, -0.2) is 23.2 Å². The van der Waals surface area contributed by atoms with E-state index in [4.69, 9.17) is 20.8 Å². The molecule has 1 heterocycles. The third-order valence-electron chi connectivity index (χ3n) is 1.97. The molecule has 1 N–H and O–H groups in total. The van der Waals surface area contributed by atoms with Gasteiger partial charge in [-0.25, -0.2) is 9.78 Å². The summed E-state index contributed by atoms with van der Waals surface area (Å²) in [5, 5.41) is 2.67. The molecule has 0 radical (unpaired) electrons. The standard InChI is InChI=1S/C12H19ClN2O3/c1-12(2,3)18-11(16)14-6-4-5-10-15-9(7-13)8-17-10/h8H,4-7H2,1-3H3,(H,14,16). The van der Waals surface area contributed by atoms with Crippen LogP contribution in [0.15, 0.2) is 10.7 Å². The van der Waals surface area contributed by atoms with Gasteiger partial charge in [0.15, 0.2) is 5.89 Å².